The maximum atomic E-state index is 12.4. The monoisotopic (exact) mass is 275 g/mol. The number of rotatable bonds is 4. The Bertz CT molecular complexity index is 422. The number of aromatic nitrogens is 1. The molecule has 2 bridgehead atoms. The Balaban J connectivity index is 1.53. The lowest BCUT2D eigenvalue weighted by molar-refractivity contribution is -0.123. The molecule has 2 aliphatic heterocycles. The van der Waals surface area contributed by atoms with Gasteiger partial charge in [0.1, 0.15) is 5.78 Å². The zero-order valence-corrected chi connectivity index (χ0v) is 12.1. The molecule has 0 aromatic carbocycles. The number of fused-ring (bicyclic) bond motifs is 2. The minimum absolute atomic E-state index is 0.334. The van der Waals surface area contributed by atoms with E-state index in [1.54, 1.807) is 6.20 Å². The van der Waals surface area contributed by atoms with Crippen LogP contribution in [0.3, 0.4) is 0 Å². The molecule has 3 heterocycles. The number of ketones is 1. The van der Waals surface area contributed by atoms with Crippen LogP contribution in [0.2, 0.25) is 0 Å². The summed E-state index contributed by atoms with van der Waals surface area (Å²) in [5.41, 5.74) is 1.04. The minimum atomic E-state index is 0.334. The summed E-state index contributed by atoms with van der Waals surface area (Å²) >= 11 is 2.14. The highest BCUT2D eigenvalue weighted by Crippen LogP contribution is 2.44. The molecule has 0 aliphatic carbocycles. The number of hydrogen-bond donors (Lipinski definition) is 0. The van der Waals surface area contributed by atoms with Crippen molar-refractivity contribution >= 4 is 17.5 Å². The molecule has 1 aromatic rings. The fraction of sp³-hybridized carbons (Fsp3) is 0.625. The van der Waals surface area contributed by atoms with Crippen LogP contribution < -0.4 is 0 Å². The number of hydrogen-bond acceptors (Lipinski definition) is 3. The molecule has 2 saturated heterocycles. The van der Waals surface area contributed by atoms with Crippen LogP contribution in [0, 0.1) is 5.92 Å². The Hall–Kier alpha value is -0.830. The molecule has 0 N–H and O–H groups in total. The SMILES string of the molecule is O=C(CCc1ccccn1)C1CC2CCCC(C1)S2. The third-order valence-electron chi connectivity index (χ3n) is 4.34. The summed E-state index contributed by atoms with van der Waals surface area (Å²) in [6, 6.07) is 5.93. The number of thioether (sulfide) groups is 1. The zero-order chi connectivity index (χ0) is 13.1. The second kappa shape index (κ2) is 6.08. The van der Waals surface area contributed by atoms with Gasteiger partial charge in [-0.05, 0) is 44.2 Å². The van der Waals surface area contributed by atoms with Crippen LogP contribution in [-0.2, 0) is 11.2 Å². The highest BCUT2D eigenvalue weighted by molar-refractivity contribution is 8.00. The summed E-state index contributed by atoms with van der Waals surface area (Å²) in [6.07, 6.45) is 9.56. The molecule has 0 amide bonds. The first-order valence-electron chi connectivity index (χ1n) is 7.39. The van der Waals surface area contributed by atoms with Gasteiger partial charge in [-0.2, -0.15) is 11.8 Å². The van der Waals surface area contributed by atoms with Gasteiger partial charge in [-0.3, -0.25) is 9.78 Å². The molecule has 3 heteroatoms. The van der Waals surface area contributed by atoms with Crippen LogP contribution in [0.25, 0.3) is 0 Å². The molecule has 1 aromatic heterocycles. The van der Waals surface area contributed by atoms with Crippen molar-refractivity contribution < 1.29 is 4.79 Å². The maximum Gasteiger partial charge on any atom is 0.136 e. The molecule has 3 rings (SSSR count). The van der Waals surface area contributed by atoms with Crippen LogP contribution in [0.4, 0.5) is 0 Å². The predicted molar refractivity (Wildman–Crippen MR) is 79.3 cm³/mol. The van der Waals surface area contributed by atoms with E-state index in [0.29, 0.717) is 18.1 Å². The van der Waals surface area contributed by atoms with Gasteiger partial charge in [0, 0.05) is 34.7 Å². The van der Waals surface area contributed by atoms with Crippen LogP contribution in [-0.4, -0.2) is 21.3 Å². The van der Waals surface area contributed by atoms with Crippen molar-refractivity contribution in [2.75, 3.05) is 0 Å². The lowest BCUT2D eigenvalue weighted by atomic mass is 9.85. The van der Waals surface area contributed by atoms with E-state index < -0.39 is 0 Å². The van der Waals surface area contributed by atoms with E-state index in [1.165, 1.54) is 19.3 Å². The molecule has 0 spiro atoms. The van der Waals surface area contributed by atoms with E-state index in [1.807, 2.05) is 18.2 Å². The van der Waals surface area contributed by atoms with Crippen molar-refractivity contribution in [2.24, 2.45) is 5.92 Å². The third-order valence-corrected chi connectivity index (χ3v) is 5.97. The lowest BCUT2D eigenvalue weighted by Crippen LogP contribution is -2.33. The van der Waals surface area contributed by atoms with Crippen molar-refractivity contribution in [3.8, 4) is 0 Å². The second-order valence-electron chi connectivity index (χ2n) is 5.77. The number of carbonyl (C=O) groups is 1. The Kier molecular flexibility index (Phi) is 4.21. The summed E-state index contributed by atoms with van der Waals surface area (Å²) in [5, 5.41) is 1.52. The fourth-order valence-corrected chi connectivity index (χ4v) is 5.16. The average molecular weight is 275 g/mol. The van der Waals surface area contributed by atoms with Crippen LogP contribution in [0.15, 0.2) is 24.4 Å². The van der Waals surface area contributed by atoms with Crippen molar-refractivity contribution in [3.63, 3.8) is 0 Å². The smallest absolute Gasteiger partial charge is 0.136 e. The Morgan fingerprint density at radius 2 is 2.05 bits per heavy atom. The highest BCUT2D eigenvalue weighted by Gasteiger charge is 2.35. The number of aryl methyl sites for hydroxylation is 1. The Morgan fingerprint density at radius 1 is 1.26 bits per heavy atom. The third kappa shape index (κ3) is 3.38. The summed E-state index contributed by atoms with van der Waals surface area (Å²) in [6.45, 7) is 0. The van der Waals surface area contributed by atoms with Crippen LogP contribution in [0.1, 0.15) is 44.2 Å². The van der Waals surface area contributed by atoms with Crippen molar-refractivity contribution in [1.29, 1.82) is 0 Å². The molecule has 2 fully saturated rings. The molecule has 2 unspecified atom stereocenters. The standard InChI is InChI=1S/C16H21NOS/c18-16(8-7-13-4-1-2-9-17-13)12-10-14-5-3-6-15(11-12)19-14/h1-2,4,9,12,14-15H,3,5-8,10-11H2. The molecule has 0 radical (unpaired) electrons. The normalized spacial score (nSPS) is 30.0. The van der Waals surface area contributed by atoms with E-state index in [2.05, 4.69) is 16.7 Å². The van der Waals surface area contributed by atoms with Crippen molar-refractivity contribution in [3.05, 3.63) is 30.1 Å². The number of carbonyl (C=O) groups excluding carboxylic acids is 1. The van der Waals surface area contributed by atoms with Gasteiger partial charge < -0.3 is 0 Å². The summed E-state index contributed by atoms with van der Waals surface area (Å²) in [5.74, 6) is 0.808. The molecule has 2 aliphatic rings. The molecule has 19 heavy (non-hydrogen) atoms. The minimum Gasteiger partial charge on any atom is -0.299 e. The highest BCUT2D eigenvalue weighted by atomic mass is 32.2. The van der Waals surface area contributed by atoms with Crippen molar-refractivity contribution in [2.45, 2.75) is 55.4 Å². The molecule has 102 valence electrons. The molecular formula is C16H21NOS. The predicted octanol–water partition coefficient (Wildman–Crippen LogP) is 3.65. The van der Waals surface area contributed by atoms with E-state index in [9.17, 15) is 4.79 Å². The van der Waals surface area contributed by atoms with Gasteiger partial charge in [0.2, 0.25) is 0 Å². The van der Waals surface area contributed by atoms with Crippen molar-refractivity contribution in [1.82, 2.24) is 4.98 Å². The Labute approximate surface area is 119 Å². The van der Waals surface area contributed by atoms with Crippen LogP contribution >= 0.6 is 11.8 Å². The van der Waals surface area contributed by atoms with Gasteiger partial charge >= 0.3 is 0 Å². The van der Waals surface area contributed by atoms with E-state index in [-0.39, 0.29) is 0 Å². The summed E-state index contributed by atoms with van der Waals surface area (Å²) < 4.78 is 0. The van der Waals surface area contributed by atoms with Gasteiger partial charge in [0.25, 0.3) is 0 Å². The van der Waals surface area contributed by atoms with Gasteiger partial charge in [0.15, 0.2) is 0 Å². The first-order valence-corrected chi connectivity index (χ1v) is 8.33. The number of nitrogens with zero attached hydrogens (tertiary/aromatic N) is 1. The molecule has 2 atom stereocenters. The average Bonchev–Trinajstić information content (AvgIpc) is 2.45. The Morgan fingerprint density at radius 3 is 2.74 bits per heavy atom. The lowest BCUT2D eigenvalue weighted by Gasteiger charge is -2.38. The van der Waals surface area contributed by atoms with Crippen LogP contribution in [0.5, 0.6) is 0 Å². The summed E-state index contributed by atoms with van der Waals surface area (Å²) in [7, 11) is 0. The maximum absolute atomic E-state index is 12.4. The van der Waals surface area contributed by atoms with E-state index in [0.717, 1.165) is 35.5 Å². The molecule has 0 saturated carbocycles. The van der Waals surface area contributed by atoms with E-state index >= 15 is 0 Å². The fourth-order valence-electron chi connectivity index (χ4n) is 3.32. The first-order chi connectivity index (χ1) is 9.31. The van der Waals surface area contributed by atoms with Gasteiger partial charge in [0.05, 0.1) is 0 Å². The largest absolute Gasteiger partial charge is 0.299 e. The van der Waals surface area contributed by atoms with Gasteiger partial charge in [-0.25, -0.2) is 0 Å². The van der Waals surface area contributed by atoms with Gasteiger partial charge in [-0.1, -0.05) is 12.5 Å². The van der Waals surface area contributed by atoms with Gasteiger partial charge in [-0.15, -0.1) is 0 Å². The zero-order valence-electron chi connectivity index (χ0n) is 11.3. The topological polar surface area (TPSA) is 30.0 Å². The number of Topliss-reactive ketones (excluding diaryl/α,β-unsaturated/α-hetero) is 1. The first kappa shape index (κ1) is 13.2. The summed E-state index contributed by atoms with van der Waals surface area (Å²) in [4.78, 5) is 16.7. The second-order valence-corrected chi connectivity index (χ2v) is 7.37. The molecular weight excluding hydrogens is 254 g/mol. The van der Waals surface area contributed by atoms with E-state index in [4.69, 9.17) is 0 Å². The number of pyridine rings is 1. The quantitative estimate of drug-likeness (QED) is 0.840. The molecule has 2 nitrogen and oxygen atoms in total.